The van der Waals surface area contributed by atoms with E-state index in [9.17, 15) is 18.3 Å². The summed E-state index contributed by atoms with van der Waals surface area (Å²) in [6.45, 7) is -0.387. The third kappa shape index (κ3) is 3.39. The van der Waals surface area contributed by atoms with Crippen LogP contribution in [0, 0.1) is 11.3 Å². The van der Waals surface area contributed by atoms with Gasteiger partial charge in [0, 0.05) is 6.54 Å². The van der Waals surface area contributed by atoms with E-state index >= 15 is 0 Å². The molecule has 0 radical (unpaired) electrons. The quantitative estimate of drug-likeness (QED) is 0.787. The van der Waals surface area contributed by atoms with Gasteiger partial charge in [0.15, 0.2) is 5.82 Å². The van der Waals surface area contributed by atoms with Gasteiger partial charge in [0.25, 0.3) is 0 Å². The topological polar surface area (TPSA) is 99.9 Å². The van der Waals surface area contributed by atoms with E-state index in [0.717, 1.165) is 6.42 Å². The van der Waals surface area contributed by atoms with Crippen molar-refractivity contribution in [3.05, 3.63) is 5.56 Å². The maximum atomic E-state index is 12.1. The highest BCUT2D eigenvalue weighted by molar-refractivity contribution is 5.64. The highest BCUT2D eigenvalue weighted by Gasteiger charge is 2.31. The second-order valence-corrected chi connectivity index (χ2v) is 5.02. The molecule has 0 amide bonds. The normalized spacial score (nSPS) is 22.2. The number of hydrogen-bond acceptors (Lipinski definition) is 5. The number of nitrogens with one attached hydrogen (secondary N) is 1. The van der Waals surface area contributed by atoms with Crippen LogP contribution in [-0.2, 0) is 0 Å². The molecular formula is C12H16F3N5O. The first-order valence-corrected chi connectivity index (χ1v) is 6.60. The fourth-order valence-electron chi connectivity index (χ4n) is 2.46. The third-order valence-electron chi connectivity index (χ3n) is 3.52. The molecule has 2 unspecified atom stereocenters. The molecule has 1 fully saturated rings. The van der Waals surface area contributed by atoms with Crippen LogP contribution < -0.4 is 11.1 Å². The number of aliphatic hydroxyl groups excluding tert-OH is 1. The molecule has 1 aromatic heterocycles. The number of anilines is 2. The minimum Gasteiger partial charge on any atom is -0.391 e. The maximum Gasteiger partial charge on any atom is 0.390 e. The molecule has 1 saturated carbocycles. The van der Waals surface area contributed by atoms with E-state index in [-0.39, 0.29) is 29.8 Å². The summed E-state index contributed by atoms with van der Waals surface area (Å²) in [5.74, 6) is 0.0938. The van der Waals surface area contributed by atoms with Crippen molar-refractivity contribution in [3.63, 3.8) is 0 Å². The Balaban J connectivity index is 2.16. The van der Waals surface area contributed by atoms with Crippen molar-refractivity contribution in [2.24, 2.45) is 0 Å². The van der Waals surface area contributed by atoms with Crippen LogP contribution in [0.3, 0.4) is 0 Å². The first-order valence-electron chi connectivity index (χ1n) is 6.60. The Bertz CT molecular complexity index is 548. The summed E-state index contributed by atoms with van der Waals surface area (Å²) in [6.07, 6.45) is -3.83. The number of nitrogen functional groups attached to an aromatic ring is 1. The lowest BCUT2D eigenvalue weighted by Gasteiger charge is -2.16. The summed E-state index contributed by atoms with van der Waals surface area (Å²) < 4.78 is 37.7. The number of hydrogen-bond donors (Lipinski definition) is 3. The van der Waals surface area contributed by atoms with Crippen molar-refractivity contribution >= 4 is 11.6 Å². The molecule has 0 aromatic carbocycles. The Kier molecular flexibility index (Phi) is 4.27. The van der Waals surface area contributed by atoms with Crippen LogP contribution in [0.2, 0.25) is 0 Å². The third-order valence-corrected chi connectivity index (χ3v) is 3.52. The molecule has 4 N–H and O–H groups in total. The van der Waals surface area contributed by atoms with E-state index in [1.165, 1.54) is 4.68 Å². The zero-order chi connectivity index (χ0) is 15.6. The van der Waals surface area contributed by atoms with Gasteiger partial charge in [0.05, 0.1) is 18.6 Å². The smallest absolute Gasteiger partial charge is 0.390 e. The minimum atomic E-state index is -4.28. The monoisotopic (exact) mass is 303 g/mol. The second-order valence-electron chi connectivity index (χ2n) is 5.02. The maximum absolute atomic E-state index is 12.1. The number of halogens is 3. The van der Waals surface area contributed by atoms with Crippen molar-refractivity contribution in [2.45, 2.75) is 44.0 Å². The number of aromatic nitrogens is 2. The van der Waals surface area contributed by atoms with Gasteiger partial charge in [-0.15, -0.1) is 0 Å². The summed E-state index contributed by atoms with van der Waals surface area (Å²) in [4.78, 5) is 0. The van der Waals surface area contributed by atoms with Gasteiger partial charge < -0.3 is 16.2 Å². The van der Waals surface area contributed by atoms with Gasteiger partial charge in [-0.3, -0.25) is 0 Å². The molecule has 2 atom stereocenters. The molecule has 1 heterocycles. The molecule has 21 heavy (non-hydrogen) atoms. The van der Waals surface area contributed by atoms with Crippen LogP contribution in [0.15, 0.2) is 0 Å². The molecule has 0 bridgehead atoms. The average molecular weight is 303 g/mol. The van der Waals surface area contributed by atoms with Crippen molar-refractivity contribution in [1.82, 2.24) is 9.78 Å². The summed E-state index contributed by atoms with van der Waals surface area (Å²) in [5.41, 5.74) is 5.83. The van der Waals surface area contributed by atoms with Gasteiger partial charge >= 0.3 is 6.18 Å². The SMILES string of the molecule is N#Cc1c(NCCC(F)(F)F)nn(C2CCCC2O)c1N. The number of aliphatic hydroxyl groups is 1. The van der Waals surface area contributed by atoms with Gasteiger partial charge in [-0.2, -0.15) is 23.5 Å². The second kappa shape index (κ2) is 5.81. The molecule has 2 rings (SSSR count). The summed E-state index contributed by atoms with van der Waals surface area (Å²) in [6, 6.07) is 1.50. The van der Waals surface area contributed by atoms with E-state index in [1.54, 1.807) is 0 Å². The summed E-state index contributed by atoms with van der Waals surface area (Å²) >= 11 is 0. The Morgan fingerprint density at radius 3 is 2.71 bits per heavy atom. The van der Waals surface area contributed by atoms with Crippen LogP contribution >= 0.6 is 0 Å². The van der Waals surface area contributed by atoms with Crippen LogP contribution in [0.5, 0.6) is 0 Å². The Hall–Kier alpha value is -1.95. The summed E-state index contributed by atoms with van der Waals surface area (Å²) in [7, 11) is 0. The molecule has 0 saturated heterocycles. The Morgan fingerprint density at radius 2 is 2.19 bits per heavy atom. The van der Waals surface area contributed by atoms with E-state index in [4.69, 9.17) is 11.0 Å². The van der Waals surface area contributed by atoms with Gasteiger partial charge in [-0.25, -0.2) is 4.68 Å². The Labute approximate surface area is 119 Å². The van der Waals surface area contributed by atoms with Gasteiger partial charge in [0.1, 0.15) is 17.5 Å². The summed E-state index contributed by atoms with van der Waals surface area (Å²) in [5, 5.41) is 25.5. The highest BCUT2D eigenvalue weighted by Crippen LogP contribution is 2.34. The standard InChI is InChI=1S/C12H16F3N5O/c13-12(14,15)4-5-18-11-7(6-16)10(17)20(19-11)8-2-1-3-9(8)21/h8-9,21H,1-5,17H2,(H,18,19). The Morgan fingerprint density at radius 1 is 1.48 bits per heavy atom. The molecule has 0 spiro atoms. The predicted octanol–water partition coefficient (Wildman–Crippen LogP) is 1.79. The van der Waals surface area contributed by atoms with Crippen LogP contribution in [0.25, 0.3) is 0 Å². The van der Waals surface area contributed by atoms with E-state index in [1.807, 2.05) is 6.07 Å². The predicted molar refractivity (Wildman–Crippen MR) is 69.4 cm³/mol. The lowest BCUT2D eigenvalue weighted by atomic mass is 10.2. The van der Waals surface area contributed by atoms with Crippen LogP contribution in [-0.4, -0.2) is 33.7 Å². The number of rotatable bonds is 4. The zero-order valence-electron chi connectivity index (χ0n) is 11.2. The van der Waals surface area contributed by atoms with E-state index in [0.29, 0.717) is 12.8 Å². The fraction of sp³-hybridized carbons (Fsp3) is 0.667. The largest absolute Gasteiger partial charge is 0.391 e. The first kappa shape index (κ1) is 15.4. The van der Waals surface area contributed by atoms with Crippen molar-refractivity contribution in [3.8, 4) is 6.07 Å². The van der Waals surface area contributed by atoms with Crippen LogP contribution in [0.1, 0.15) is 37.3 Å². The van der Waals surface area contributed by atoms with Crippen molar-refractivity contribution in [1.29, 1.82) is 5.26 Å². The van der Waals surface area contributed by atoms with Gasteiger partial charge in [-0.05, 0) is 19.3 Å². The fourth-order valence-corrected chi connectivity index (χ4v) is 2.46. The van der Waals surface area contributed by atoms with Crippen molar-refractivity contribution < 1.29 is 18.3 Å². The molecule has 6 nitrogen and oxygen atoms in total. The lowest BCUT2D eigenvalue weighted by molar-refractivity contribution is -0.131. The number of nitriles is 1. The number of nitrogens with two attached hydrogens (primary N) is 1. The lowest BCUT2D eigenvalue weighted by Crippen LogP contribution is -2.21. The first-order chi connectivity index (χ1) is 9.83. The zero-order valence-corrected chi connectivity index (χ0v) is 11.2. The molecule has 1 aliphatic carbocycles. The van der Waals surface area contributed by atoms with Gasteiger partial charge in [0.2, 0.25) is 0 Å². The highest BCUT2D eigenvalue weighted by atomic mass is 19.4. The van der Waals surface area contributed by atoms with Crippen molar-refractivity contribution in [2.75, 3.05) is 17.6 Å². The van der Waals surface area contributed by atoms with Gasteiger partial charge in [-0.1, -0.05) is 0 Å². The number of alkyl halides is 3. The molecule has 0 aliphatic heterocycles. The molecular weight excluding hydrogens is 287 g/mol. The minimum absolute atomic E-state index is 0.0104. The van der Waals surface area contributed by atoms with E-state index in [2.05, 4.69) is 10.4 Å². The molecule has 1 aliphatic rings. The molecule has 116 valence electrons. The average Bonchev–Trinajstić information content (AvgIpc) is 2.92. The molecule has 1 aromatic rings. The van der Waals surface area contributed by atoms with Crippen LogP contribution in [0.4, 0.5) is 24.8 Å². The number of nitrogens with zero attached hydrogens (tertiary/aromatic N) is 3. The van der Waals surface area contributed by atoms with E-state index < -0.39 is 18.7 Å². The molecule has 9 heteroatoms.